The molecule has 0 saturated heterocycles. The molecule has 1 aliphatic rings. The maximum Gasteiger partial charge on any atom is 0.167 e. The number of para-hydroxylation sites is 2. The summed E-state index contributed by atoms with van der Waals surface area (Å²) >= 11 is 0. The summed E-state index contributed by atoms with van der Waals surface area (Å²) in [7, 11) is 0. The second-order valence-electron chi connectivity index (χ2n) is 14.2. The molecule has 10 rings (SSSR count). The topological polar surface area (TPSA) is 71.7 Å². The molecule has 1 aliphatic heterocycles. The molecular weight excluding hydrogens is 709 g/mol. The molecule has 9 aromatic rings. The first-order valence-electron chi connectivity index (χ1n) is 19.2. The van der Waals surface area contributed by atoms with E-state index in [-0.39, 0.29) is 0 Å². The summed E-state index contributed by atoms with van der Waals surface area (Å²) in [5, 5.41) is 9.31. The number of rotatable bonds is 7. The monoisotopic (exact) mass is 742 g/mol. The van der Waals surface area contributed by atoms with E-state index >= 15 is 0 Å². The van der Waals surface area contributed by atoms with Gasteiger partial charge in [0.2, 0.25) is 0 Å². The zero-order valence-corrected chi connectivity index (χ0v) is 31.3. The lowest BCUT2D eigenvalue weighted by atomic mass is 9.63. The Morgan fingerprint density at radius 1 is 0.379 bits per heavy atom. The van der Waals surface area contributed by atoms with Gasteiger partial charge in [0.15, 0.2) is 17.5 Å². The van der Waals surface area contributed by atoms with Gasteiger partial charge < -0.3 is 4.74 Å². The second-order valence-corrected chi connectivity index (χ2v) is 14.2. The van der Waals surface area contributed by atoms with Crippen LogP contribution in [0.25, 0.3) is 56.4 Å². The molecule has 0 aliphatic carbocycles. The average molecular weight is 743 g/mol. The number of benzene rings is 8. The summed E-state index contributed by atoms with van der Waals surface area (Å²) in [5.74, 6) is 3.08. The average Bonchev–Trinajstić information content (AvgIpc) is 3.31. The van der Waals surface area contributed by atoms with Crippen molar-refractivity contribution in [1.29, 1.82) is 5.26 Å². The van der Waals surface area contributed by atoms with Crippen LogP contribution in [0.2, 0.25) is 0 Å². The van der Waals surface area contributed by atoms with E-state index in [1.165, 1.54) is 0 Å². The molecule has 8 aromatic carbocycles. The predicted octanol–water partition coefficient (Wildman–Crippen LogP) is 12.6. The Balaban J connectivity index is 1.21. The van der Waals surface area contributed by atoms with Gasteiger partial charge in [-0.25, -0.2) is 15.0 Å². The minimum atomic E-state index is -0.692. The molecule has 58 heavy (non-hydrogen) atoms. The molecule has 1 aromatic heterocycles. The summed E-state index contributed by atoms with van der Waals surface area (Å²) in [6.07, 6.45) is 0. The molecular formula is C53H34N4O. The van der Waals surface area contributed by atoms with Crippen LogP contribution in [0.15, 0.2) is 206 Å². The fraction of sp³-hybridized carbons (Fsp3) is 0.0189. The fourth-order valence-corrected chi connectivity index (χ4v) is 8.25. The normalized spacial score (nSPS) is 12.4. The predicted molar refractivity (Wildman–Crippen MR) is 230 cm³/mol. The number of hydrogen-bond donors (Lipinski definition) is 0. The first-order valence-corrected chi connectivity index (χ1v) is 19.2. The SMILES string of the molecule is N#Cc1ccc(-c2ccc(-c3nc(-c4ccccc4-c4ccccc4)nc(-c4cccc5c4Oc4ccccc4C5(c4ccccc4)c4ccccc4)n3)cc2)cc1. The highest BCUT2D eigenvalue weighted by Gasteiger charge is 2.46. The Hall–Kier alpha value is -7.94. The van der Waals surface area contributed by atoms with Crippen LogP contribution in [0.4, 0.5) is 0 Å². The minimum Gasteiger partial charge on any atom is -0.456 e. The van der Waals surface area contributed by atoms with Crippen molar-refractivity contribution in [2.75, 3.05) is 0 Å². The van der Waals surface area contributed by atoms with E-state index in [1.807, 2.05) is 84.9 Å². The highest BCUT2D eigenvalue weighted by atomic mass is 16.5. The number of hydrogen-bond acceptors (Lipinski definition) is 5. The lowest BCUT2D eigenvalue weighted by molar-refractivity contribution is 0.436. The van der Waals surface area contributed by atoms with Crippen LogP contribution in [-0.4, -0.2) is 15.0 Å². The lowest BCUT2D eigenvalue weighted by Crippen LogP contribution is -2.34. The Bertz CT molecular complexity index is 2920. The van der Waals surface area contributed by atoms with Gasteiger partial charge >= 0.3 is 0 Å². The van der Waals surface area contributed by atoms with Gasteiger partial charge in [-0.3, -0.25) is 0 Å². The van der Waals surface area contributed by atoms with Crippen molar-refractivity contribution in [3.8, 4) is 74.0 Å². The first-order chi connectivity index (χ1) is 28.7. The fourth-order valence-electron chi connectivity index (χ4n) is 8.25. The van der Waals surface area contributed by atoms with Gasteiger partial charge in [0.25, 0.3) is 0 Å². The van der Waals surface area contributed by atoms with E-state index in [1.54, 1.807) is 0 Å². The number of fused-ring (bicyclic) bond motifs is 2. The maximum atomic E-state index is 9.31. The molecule has 0 amide bonds. The molecule has 0 spiro atoms. The molecule has 0 N–H and O–H groups in total. The van der Waals surface area contributed by atoms with E-state index in [4.69, 9.17) is 19.7 Å². The lowest BCUT2D eigenvalue weighted by Gasteiger charge is -2.42. The number of nitrogens with zero attached hydrogens (tertiary/aromatic N) is 4. The van der Waals surface area contributed by atoms with E-state index < -0.39 is 5.41 Å². The highest BCUT2D eigenvalue weighted by Crippen LogP contribution is 2.57. The van der Waals surface area contributed by atoms with Crippen LogP contribution >= 0.6 is 0 Å². The van der Waals surface area contributed by atoms with Crippen LogP contribution in [-0.2, 0) is 5.41 Å². The van der Waals surface area contributed by atoms with Crippen LogP contribution in [0.5, 0.6) is 11.5 Å². The largest absolute Gasteiger partial charge is 0.456 e. The van der Waals surface area contributed by atoms with Crippen molar-refractivity contribution in [2.24, 2.45) is 0 Å². The Kier molecular flexibility index (Phi) is 8.70. The third-order valence-electron chi connectivity index (χ3n) is 11.0. The van der Waals surface area contributed by atoms with Gasteiger partial charge in [-0.2, -0.15) is 5.26 Å². The molecule has 0 saturated carbocycles. The molecule has 2 heterocycles. The summed E-state index contributed by atoms with van der Waals surface area (Å²) < 4.78 is 7.01. The third kappa shape index (κ3) is 5.92. The third-order valence-corrected chi connectivity index (χ3v) is 11.0. The highest BCUT2D eigenvalue weighted by molar-refractivity contribution is 5.83. The standard InChI is InChI=1S/C53H34N4O/c54-35-36-27-29-37(30-28-36)38-31-33-40(34-32-38)50-55-51(44-22-11-10-21-43(44)39-15-4-1-5-16-39)57-52(56-50)45-23-14-25-47-49(45)58-48-26-13-12-24-46(48)53(47,41-17-6-2-7-18-41)42-19-8-3-9-20-42/h1-34H. The molecule has 5 heteroatoms. The van der Waals surface area contributed by atoms with Gasteiger partial charge in [-0.05, 0) is 57.6 Å². The Morgan fingerprint density at radius 2 is 0.862 bits per heavy atom. The minimum absolute atomic E-state index is 0.505. The van der Waals surface area contributed by atoms with E-state index in [2.05, 4.69) is 127 Å². The molecule has 0 fully saturated rings. The zero-order chi connectivity index (χ0) is 38.9. The van der Waals surface area contributed by atoms with Gasteiger partial charge in [0, 0.05) is 22.3 Å². The van der Waals surface area contributed by atoms with Crippen molar-refractivity contribution in [3.05, 3.63) is 234 Å². The molecule has 272 valence electrons. The van der Waals surface area contributed by atoms with Gasteiger partial charge in [-0.15, -0.1) is 0 Å². The van der Waals surface area contributed by atoms with Crippen molar-refractivity contribution >= 4 is 0 Å². The summed E-state index contributed by atoms with van der Waals surface area (Å²) in [6.45, 7) is 0. The van der Waals surface area contributed by atoms with E-state index in [0.29, 0.717) is 28.8 Å². The molecule has 0 unspecified atom stereocenters. The Morgan fingerprint density at radius 3 is 1.52 bits per heavy atom. The Labute approximate surface area is 337 Å². The zero-order valence-electron chi connectivity index (χ0n) is 31.3. The molecule has 0 atom stereocenters. The number of ether oxygens (including phenoxy) is 1. The van der Waals surface area contributed by atoms with Gasteiger partial charge in [0.05, 0.1) is 22.6 Å². The van der Waals surface area contributed by atoms with Crippen molar-refractivity contribution in [3.63, 3.8) is 0 Å². The van der Waals surface area contributed by atoms with Crippen molar-refractivity contribution in [1.82, 2.24) is 15.0 Å². The van der Waals surface area contributed by atoms with Crippen molar-refractivity contribution < 1.29 is 4.74 Å². The van der Waals surface area contributed by atoms with Gasteiger partial charge in [-0.1, -0.05) is 182 Å². The van der Waals surface area contributed by atoms with Crippen LogP contribution in [0.1, 0.15) is 27.8 Å². The quantitative estimate of drug-likeness (QED) is 0.163. The van der Waals surface area contributed by atoms with Gasteiger partial charge in [0.1, 0.15) is 11.5 Å². The second kappa shape index (κ2) is 14.6. The smallest absolute Gasteiger partial charge is 0.167 e. The van der Waals surface area contributed by atoms with Crippen LogP contribution in [0.3, 0.4) is 0 Å². The maximum absolute atomic E-state index is 9.31. The molecule has 0 bridgehead atoms. The first kappa shape index (κ1) is 34.5. The van der Waals surface area contributed by atoms with Crippen LogP contribution in [0, 0.1) is 11.3 Å². The van der Waals surface area contributed by atoms with Crippen LogP contribution < -0.4 is 4.74 Å². The number of nitriles is 1. The van der Waals surface area contributed by atoms with Crippen molar-refractivity contribution in [2.45, 2.75) is 5.41 Å². The summed E-state index contributed by atoms with van der Waals surface area (Å²) in [5.41, 5.74) is 10.9. The summed E-state index contributed by atoms with van der Waals surface area (Å²) in [6, 6.07) is 72.6. The van der Waals surface area contributed by atoms with E-state index in [9.17, 15) is 5.26 Å². The van der Waals surface area contributed by atoms with E-state index in [0.717, 1.165) is 66.9 Å². The molecule has 0 radical (unpaired) electrons. The summed E-state index contributed by atoms with van der Waals surface area (Å²) in [4.78, 5) is 15.7. The number of aromatic nitrogens is 3. The molecule has 5 nitrogen and oxygen atoms in total.